The van der Waals surface area contributed by atoms with Gasteiger partial charge in [0.15, 0.2) is 0 Å². The molecule has 1 N–H and O–H groups in total. The number of carbonyl (C=O) groups excluding carboxylic acids is 2. The number of hydrogen-bond donors (Lipinski definition) is 1. The third-order valence-electron chi connectivity index (χ3n) is 3.21. The molecule has 1 saturated heterocycles. The quantitative estimate of drug-likeness (QED) is 0.864. The first-order valence-electron chi connectivity index (χ1n) is 6.26. The van der Waals surface area contributed by atoms with Crippen LogP contribution in [0.15, 0.2) is 30.3 Å². The molecule has 1 fully saturated rings. The number of halogens is 1. The first-order chi connectivity index (χ1) is 9.65. The van der Waals surface area contributed by atoms with Crippen molar-refractivity contribution in [2.75, 3.05) is 19.6 Å². The van der Waals surface area contributed by atoms with E-state index in [1.54, 1.807) is 12.1 Å². The Balaban J connectivity index is 1.97. The van der Waals surface area contributed by atoms with E-state index in [-0.39, 0.29) is 24.1 Å². The fraction of sp³-hybridized carbons (Fsp3) is 0.214. The zero-order valence-corrected chi connectivity index (χ0v) is 11.4. The van der Waals surface area contributed by atoms with Gasteiger partial charge in [-0.2, -0.15) is 0 Å². The Morgan fingerprint density at radius 3 is 2.95 bits per heavy atom. The van der Waals surface area contributed by atoms with E-state index in [0.717, 1.165) is 5.39 Å². The normalized spacial score (nSPS) is 15.2. The SMILES string of the molecule is O=C1CN(C(=O)c2cc(Cl)c3ccccc3n2)CCN1. The summed E-state index contributed by atoms with van der Waals surface area (Å²) >= 11 is 6.18. The van der Waals surface area contributed by atoms with Crippen LogP contribution in [-0.4, -0.2) is 41.3 Å². The monoisotopic (exact) mass is 289 g/mol. The van der Waals surface area contributed by atoms with E-state index in [1.807, 2.05) is 18.2 Å². The van der Waals surface area contributed by atoms with Crippen LogP contribution in [0.3, 0.4) is 0 Å². The average molecular weight is 290 g/mol. The number of nitrogens with one attached hydrogen (secondary N) is 1. The van der Waals surface area contributed by atoms with Crippen LogP contribution < -0.4 is 5.32 Å². The van der Waals surface area contributed by atoms with E-state index in [4.69, 9.17) is 11.6 Å². The number of rotatable bonds is 1. The molecule has 1 aromatic heterocycles. The van der Waals surface area contributed by atoms with Gasteiger partial charge in [0.2, 0.25) is 5.91 Å². The molecule has 1 aliphatic rings. The molecular formula is C14H12ClN3O2. The van der Waals surface area contributed by atoms with Gasteiger partial charge in [0.05, 0.1) is 17.1 Å². The van der Waals surface area contributed by atoms with Gasteiger partial charge in [0, 0.05) is 18.5 Å². The molecule has 20 heavy (non-hydrogen) atoms. The third kappa shape index (κ3) is 2.32. The number of piperazine rings is 1. The van der Waals surface area contributed by atoms with Gasteiger partial charge in [-0.25, -0.2) is 4.98 Å². The fourth-order valence-corrected chi connectivity index (χ4v) is 2.48. The highest BCUT2D eigenvalue weighted by atomic mass is 35.5. The minimum atomic E-state index is -0.271. The lowest BCUT2D eigenvalue weighted by Gasteiger charge is -2.26. The Morgan fingerprint density at radius 2 is 2.15 bits per heavy atom. The largest absolute Gasteiger partial charge is 0.353 e. The molecule has 1 aromatic carbocycles. The van der Waals surface area contributed by atoms with Crippen molar-refractivity contribution in [2.45, 2.75) is 0 Å². The van der Waals surface area contributed by atoms with Crippen LogP contribution in [0.4, 0.5) is 0 Å². The van der Waals surface area contributed by atoms with Crippen molar-refractivity contribution >= 4 is 34.3 Å². The van der Waals surface area contributed by atoms with E-state index < -0.39 is 0 Å². The van der Waals surface area contributed by atoms with E-state index in [0.29, 0.717) is 23.6 Å². The van der Waals surface area contributed by atoms with Gasteiger partial charge in [-0.1, -0.05) is 29.8 Å². The minimum absolute atomic E-state index is 0.0605. The molecule has 0 unspecified atom stereocenters. The van der Waals surface area contributed by atoms with Gasteiger partial charge in [-0.05, 0) is 12.1 Å². The van der Waals surface area contributed by atoms with E-state index in [2.05, 4.69) is 10.3 Å². The standard InChI is InChI=1S/C14H12ClN3O2/c15-10-7-12(17-11-4-2-1-3-9(10)11)14(20)18-6-5-16-13(19)8-18/h1-4,7H,5-6,8H2,(H,16,19). The summed E-state index contributed by atoms with van der Waals surface area (Å²) in [4.78, 5) is 29.5. The van der Waals surface area contributed by atoms with E-state index in [9.17, 15) is 9.59 Å². The van der Waals surface area contributed by atoms with Crippen LogP contribution in [0, 0.1) is 0 Å². The maximum atomic E-state index is 12.4. The van der Waals surface area contributed by atoms with Crippen molar-refractivity contribution in [3.63, 3.8) is 0 Å². The molecule has 1 aliphatic heterocycles. The number of aromatic nitrogens is 1. The number of fused-ring (bicyclic) bond motifs is 1. The van der Waals surface area contributed by atoms with Crippen LogP contribution in [0.5, 0.6) is 0 Å². The van der Waals surface area contributed by atoms with Crippen molar-refractivity contribution in [1.82, 2.24) is 15.2 Å². The molecule has 0 saturated carbocycles. The average Bonchev–Trinajstić information content (AvgIpc) is 2.46. The second-order valence-electron chi connectivity index (χ2n) is 4.58. The summed E-state index contributed by atoms with van der Waals surface area (Å²) in [5.74, 6) is -0.427. The van der Waals surface area contributed by atoms with Crippen LogP contribution in [0.1, 0.15) is 10.5 Å². The van der Waals surface area contributed by atoms with Gasteiger partial charge in [-0.15, -0.1) is 0 Å². The molecule has 0 spiro atoms. The lowest BCUT2D eigenvalue weighted by molar-refractivity contribution is -0.123. The molecule has 102 valence electrons. The zero-order valence-electron chi connectivity index (χ0n) is 10.6. The van der Waals surface area contributed by atoms with Gasteiger partial charge in [-0.3, -0.25) is 9.59 Å². The predicted molar refractivity (Wildman–Crippen MR) is 75.7 cm³/mol. The first kappa shape index (κ1) is 12.9. The highest BCUT2D eigenvalue weighted by molar-refractivity contribution is 6.35. The Morgan fingerprint density at radius 1 is 1.35 bits per heavy atom. The van der Waals surface area contributed by atoms with Crippen molar-refractivity contribution in [1.29, 1.82) is 0 Å². The van der Waals surface area contributed by atoms with Gasteiger partial charge < -0.3 is 10.2 Å². The molecule has 2 aromatic rings. The number of pyridine rings is 1. The highest BCUT2D eigenvalue weighted by Gasteiger charge is 2.23. The minimum Gasteiger partial charge on any atom is -0.353 e. The highest BCUT2D eigenvalue weighted by Crippen LogP contribution is 2.23. The topological polar surface area (TPSA) is 62.3 Å². The van der Waals surface area contributed by atoms with Gasteiger partial charge >= 0.3 is 0 Å². The molecule has 0 atom stereocenters. The Kier molecular flexibility index (Phi) is 3.28. The maximum absolute atomic E-state index is 12.4. The second-order valence-corrected chi connectivity index (χ2v) is 4.99. The summed E-state index contributed by atoms with van der Waals surface area (Å²) in [7, 11) is 0. The number of carbonyl (C=O) groups is 2. The summed E-state index contributed by atoms with van der Waals surface area (Å²) in [6.07, 6.45) is 0. The molecule has 2 amide bonds. The second kappa shape index (κ2) is 5.09. The predicted octanol–water partition coefficient (Wildman–Crippen LogP) is 1.46. The maximum Gasteiger partial charge on any atom is 0.273 e. The van der Waals surface area contributed by atoms with Crippen molar-refractivity contribution in [3.05, 3.63) is 41.0 Å². The lowest BCUT2D eigenvalue weighted by atomic mass is 10.2. The van der Waals surface area contributed by atoms with Crippen LogP contribution in [-0.2, 0) is 4.79 Å². The first-order valence-corrected chi connectivity index (χ1v) is 6.64. The zero-order chi connectivity index (χ0) is 14.1. The summed E-state index contributed by atoms with van der Waals surface area (Å²) in [5, 5.41) is 3.97. The Bertz CT molecular complexity index is 702. The van der Waals surface area contributed by atoms with Crippen molar-refractivity contribution in [3.8, 4) is 0 Å². The van der Waals surface area contributed by atoms with Crippen LogP contribution in [0.2, 0.25) is 5.02 Å². The number of benzene rings is 1. The Hall–Kier alpha value is -2.14. The summed E-state index contributed by atoms with van der Waals surface area (Å²) in [6, 6.07) is 8.92. The summed E-state index contributed by atoms with van der Waals surface area (Å²) in [5.41, 5.74) is 0.938. The van der Waals surface area contributed by atoms with Gasteiger partial charge in [0.25, 0.3) is 5.91 Å². The smallest absolute Gasteiger partial charge is 0.273 e. The van der Waals surface area contributed by atoms with E-state index >= 15 is 0 Å². The molecule has 5 nitrogen and oxygen atoms in total. The number of para-hydroxylation sites is 1. The van der Waals surface area contributed by atoms with Gasteiger partial charge in [0.1, 0.15) is 5.69 Å². The molecule has 3 rings (SSSR count). The number of hydrogen-bond acceptors (Lipinski definition) is 3. The molecule has 2 heterocycles. The fourth-order valence-electron chi connectivity index (χ4n) is 2.22. The number of nitrogens with zero attached hydrogens (tertiary/aromatic N) is 2. The van der Waals surface area contributed by atoms with E-state index in [1.165, 1.54) is 4.90 Å². The molecule has 6 heteroatoms. The number of amides is 2. The van der Waals surface area contributed by atoms with Crippen LogP contribution in [0.25, 0.3) is 10.9 Å². The molecule has 0 bridgehead atoms. The summed E-state index contributed by atoms with van der Waals surface area (Å²) < 4.78 is 0. The molecule has 0 radical (unpaired) electrons. The van der Waals surface area contributed by atoms with Crippen molar-refractivity contribution in [2.24, 2.45) is 0 Å². The molecule has 0 aliphatic carbocycles. The van der Waals surface area contributed by atoms with Crippen LogP contribution >= 0.6 is 11.6 Å². The third-order valence-corrected chi connectivity index (χ3v) is 3.52. The summed E-state index contributed by atoms with van der Waals surface area (Å²) in [6.45, 7) is 1.01. The van der Waals surface area contributed by atoms with Crippen molar-refractivity contribution < 1.29 is 9.59 Å². The lowest BCUT2D eigenvalue weighted by Crippen LogP contribution is -2.50. The Labute approximate surface area is 120 Å². The molecular weight excluding hydrogens is 278 g/mol.